The predicted octanol–water partition coefficient (Wildman–Crippen LogP) is 1.98. The van der Waals surface area contributed by atoms with Crippen LogP contribution in [0.15, 0.2) is 47.1 Å². The van der Waals surface area contributed by atoms with Gasteiger partial charge in [-0.3, -0.25) is 4.79 Å². The molecular weight excluding hydrogens is 246 g/mol. The van der Waals surface area contributed by atoms with Gasteiger partial charge in [0.15, 0.2) is 6.61 Å². The zero-order valence-corrected chi connectivity index (χ0v) is 10.6. The highest BCUT2D eigenvalue weighted by Crippen LogP contribution is 2.18. The zero-order chi connectivity index (χ0) is 13.5. The van der Waals surface area contributed by atoms with Crippen LogP contribution >= 0.6 is 0 Å². The van der Waals surface area contributed by atoms with Crippen LogP contribution in [0, 0.1) is 0 Å². The molecule has 5 heteroatoms. The van der Waals surface area contributed by atoms with Gasteiger partial charge in [0.1, 0.15) is 17.3 Å². The van der Waals surface area contributed by atoms with Crippen LogP contribution in [0.2, 0.25) is 0 Å². The predicted molar refractivity (Wildman–Crippen MR) is 69.0 cm³/mol. The van der Waals surface area contributed by atoms with Crippen molar-refractivity contribution in [3.63, 3.8) is 0 Å². The number of benzene rings is 1. The van der Waals surface area contributed by atoms with Crippen molar-refractivity contribution in [3.8, 4) is 11.5 Å². The SMILES string of the molecule is COc1cccc(OCC(=O)NCc2ccco2)c1. The molecule has 19 heavy (non-hydrogen) atoms. The second-order valence-electron chi connectivity index (χ2n) is 3.82. The van der Waals surface area contributed by atoms with E-state index in [1.54, 1.807) is 43.7 Å². The van der Waals surface area contributed by atoms with E-state index in [1.165, 1.54) is 0 Å². The minimum Gasteiger partial charge on any atom is -0.497 e. The fraction of sp³-hybridized carbons (Fsp3) is 0.214. The molecule has 100 valence electrons. The molecule has 0 spiro atoms. The monoisotopic (exact) mass is 261 g/mol. The lowest BCUT2D eigenvalue weighted by atomic mass is 10.3. The molecule has 0 saturated carbocycles. The third kappa shape index (κ3) is 4.06. The molecule has 0 unspecified atom stereocenters. The molecule has 1 heterocycles. The topological polar surface area (TPSA) is 60.7 Å². The Hall–Kier alpha value is -2.43. The number of carbonyl (C=O) groups excluding carboxylic acids is 1. The van der Waals surface area contributed by atoms with Gasteiger partial charge in [0.05, 0.1) is 19.9 Å². The third-order valence-electron chi connectivity index (χ3n) is 2.45. The van der Waals surface area contributed by atoms with Gasteiger partial charge in [-0.1, -0.05) is 6.07 Å². The van der Waals surface area contributed by atoms with E-state index in [-0.39, 0.29) is 12.5 Å². The van der Waals surface area contributed by atoms with Crippen LogP contribution in [0.25, 0.3) is 0 Å². The summed E-state index contributed by atoms with van der Waals surface area (Å²) in [5.41, 5.74) is 0. The average molecular weight is 261 g/mol. The van der Waals surface area contributed by atoms with E-state index in [9.17, 15) is 4.79 Å². The highest BCUT2D eigenvalue weighted by molar-refractivity contribution is 5.77. The van der Waals surface area contributed by atoms with Crippen molar-refractivity contribution in [3.05, 3.63) is 48.4 Å². The van der Waals surface area contributed by atoms with E-state index in [2.05, 4.69) is 5.32 Å². The number of carbonyl (C=O) groups is 1. The van der Waals surface area contributed by atoms with Gasteiger partial charge in [0.25, 0.3) is 5.91 Å². The third-order valence-corrected chi connectivity index (χ3v) is 2.45. The van der Waals surface area contributed by atoms with E-state index in [0.717, 1.165) is 0 Å². The molecule has 5 nitrogen and oxygen atoms in total. The van der Waals surface area contributed by atoms with E-state index < -0.39 is 0 Å². The Bertz CT molecular complexity index is 522. The van der Waals surface area contributed by atoms with Gasteiger partial charge in [-0.05, 0) is 24.3 Å². The van der Waals surface area contributed by atoms with Crippen LogP contribution in [-0.2, 0) is 11.3 Å². The number of ether oxygens (including phenoxy) is 2. The first-order valence-electron chi connectivity index (χ1n) is 5.84. The molecule has 2 rings (SSSR count). The quantitative estimate of drug-likeness (QED) is 0.863. The minimum absolute atomic E-state index is 0.0477. The Balaban J connectivity index is 1.76. The summed E-state index contributed by atoms with van der Waals surface area (Å²) in [5, 5.41) is 2.69. The number of nitrogens with one attached hydrogen (secondary N) is 1. The van der Waals surface area contributed by atoms with Crippen LogP contribution in [0.3, 0.4) is 0 Å². The summed E-state index contributed by atoms with van der Waals surface area (Å²) in [7, 11) is 1.58. The van der Waals surface area contributed by atoms with Crippen LogP contribution in [-0.4, -0.2) is 19.6 Å². The van der Waals surface area contributed by atoms with Crippen LogP contribution in [0.4, 0.5) is 0 Å². The Morgan fingerprint density at radius 3 is 2.84 bits per heavy atom. The lowest BCUT2D eigenvalue weighted by Gasteiger charge is -2.07. The average Bonchev–Trinajstić information content (AvgIpc) is 2.96. The molecule has 0 radical (unpaired) electrons. The molecule has 0 fully saturated rings. The second kappa shape index (κ2) is 6.49. The number of hydrogen-bond donors (Lipinski definition) is 1. The second-order valence-corrected chi connectivity index (χ2v) is 3.82. The molecule has 0 bridgehead atoms. The van der Waals surface area contributed by atoms with Crippen molar-refractivity contribution < 1.29 is 18.7 Å². The number of furan rings is 1. The van der Waals surface area contributed by atoms with Gasteiger partial charge in [-0.2, -0.15) is 0 Å². The van der Waals surface area contributed by atoms with Crippen molar-refractivity contribution in [1.29, 1.82) is 0 Å². The van der Waals surface area contributed by atoms with Gasteiger partial charge >= 0.3 is 0 Å². The largest absolute Gasteiger partial charge is 0.497 e. The normalized spacial score (nSPS) is 9.95. The van der Waals surface area contributed by atoms with Crippen LogP contribution in [0.1, 0.15) is 5.76 Å². The first-order chi connectivity index (χ1) is 9.28. The zero-order valence-electron chi connectivity index (χ0n) is 10.6. The first kappa shape index (κ1) is 13.0. The van der Waals surface area contributed by atoms with Gasteiger partial charge in [-0.15, -0.1) is 0 Å². The summed E-state index contributed by atoms with van der Waals surface area (Å²) < 4.78 is 15.5. The maximum absolute atomic E-state index is 11.6. The van der Waals surface area contributed by atoms with Crippen LogP contribution < -0.4 is 14.8 Å². The Kier molecular flexibility index (Phi) is 4.44. The highest BCUT2D eigenvalue weighted by Gasteiger charge is 2.04. The summed E-state index contributed by atoms with van der Waals surface area (Å²) in [6.45, 7) is 0.307. The van der Waals surface area contributed by atoms with Gasteiger partial charge in [-0.25, -0.2) is 0 Å². The Morgan fingerprint density at radius 2 is 2.11 bits per heavy atom. The van der Waals surface area contributed by atoms with Crippen LogP contribution in [0.5, 0.6) is 11.5 Å². The lowest BCUT2D eigenvalue weighted by molar-refractivity contribution is -0.123. The summed E-state index contributed by atoms with van der Waals surface area (Å²) >= 11 is 0. The molecule has 1 aromatic heterocycles. The fourth-order valence-electron chi connectivity index (χ4n) is 1.49. The molecule has 1 aromatic carbocycles. The van der Waals surface area contributed by atoms with E-state index >= 15 is 0 Å². The molecule has 1 N–H and O–H groups in total. The Labute approximate surface area is 111 Å². The van der Waals surface area contributed by atoms with Gasteiger partial charge in [0, 0.05) is 6.07 Å². The van der Waals surface area contributed by atoms with Gasteiger partial charge < -0.3 is 19.2 Å². The molecule has 0 saturated heterocycles. The van der Waals surface area contributed by atoms with Crippen molar-refractivity contribution in [2.75, 3.05) is 13.7 Å². The molecule has 2 aromatic rings. The smallest absolute Gasteiger partial charge is 0.258 e. The molecule has 1 amide bonds. The van der Waals surface area contributed by atoms with Crippen molar-refractivity contribution in [2.45, 2.75) is 6.54 Å². The fourth-order valence-corrected chi connectivity index (χ4v) is 1.49. The Morgan fingerprint density at radius 1 is 1.26 bits per heavy atom. The minimum atomic E-state index is -0.209. The summed E-state index contributed by atoms with van der Waals surface area (Å²) in [5.74, 6) is 1.77. The standard InChI is InChI=1S/C14H15NO4/c1-17-11-4-2-5-12(8-11)19-10-14(16)15-9-13-6-3-7-18-13/h2-8H,9-10H2,1H3,(H,15,16). The number of methoxy groups -OCH3 is 1. The molecule has 0 atom stereocenters. The molecule has 0 aliphatic carbocycles. The lowest BCUT2D eigenvalue weighted by Crippen LogP contribution is -2.28. The van der Waals surface area contributed by atoms with E-state index in [0.29, 0.717) is 23.8 Å². The highest BCUT2D eigenvalue weighted by atomic mass is 16.5. The summed E-state index contributed by atoms with van der Waals surface area (Å²) in [6, 6.07) is 10.7. The maximum atomic E-state index is 11.6. The molecular formula is C14H15NO4. The first-order valence-corrected chi connectivity index (χ1v) is 5.84. The maximum Gasteiger partial charge on any atom is 0.258 e. The van der Waals surface area contributed by atoms with E-state index in [1.807, 2.05) is 6.07 Å². The number of hydrogen-bond acceptors (Lipinski definition) is 4. The summed E-state index contributed by atoms with van der Waals surface area (Å²) in [4.78, 5) is 11.6. The number of rotatable bonds is 6. The van der Waals surface area contributed by atoms with Crippen molar-refractivity contribution in [2.24, 2.45) is 0 Å². The van der Waals surface area contributed by atoms with Gasteiger partial charge in [0.2, 0.25) is 0 Å². The van der Waals surface area contributed by atoms with E-state index in [4.69, 9.17) is 13.9 Å². The molecule has 0 aliphatic rings. The summed E-state index contributed by atoms with van der Waals surface area (Å²) in [6.07, 6.45) is 1.56. The van der Waals surface area contributed by atoms with Crippen molar-refractivity contribution in [1.82, 2.24) is 5.32 Å². The van der Waals surface area contributed by atoms with Crippen molar-refractivity contribution >= 4 is 5.91 Å². The molecule has 0 aliphatic heterocycles. The number of amides is 1.